The van der Waals surface area contributed by atoms with E-state index >= 15 is 0 Å². The van der Waals surface area contributed by atoms with Gasteiger partial charge >= 0.3 is 12.6 Å². The number of halogens is 2. The highest BCUT2D eigenvalue weighted by molar-refractivity contribution is 5.94. The van der Waals surface area contributed by atoms with E-state index in [-0.39, 0.29) is 40.4 Å². The third kappa shape index (κ3) is 3.80. The number of aromatic hydroxyl groups is 4. The lowest BCUT2D eigenvalue weighted by Crippen LogP contribution is -2.22. The number of hydrogen-bond donors (Lipinski definition) is 4. The highest BCUT2D eigenvalue weighted by atomic mass is 19.3. The molecular formula is C25H16F2O9. The van der Waals surface area contributed by atoms with E-state index in [1.54, 1.807) is 6.07 Å². The standard InChI is InChI=1S/C25H16F2O9/c26-25(27)34-12-3-1-2-10(6-12)13-8-18(31)35-17-9-16(30)20-21(32)22(33)23(36-24(20)19(13)17)11-4-5-14(28)15(29)7-11/h1-7,9,13,25,28-30,33H,8H2/t13-/m1/s1. The number of phenolic OH excluding ortho intramolecular Hbond substituents is 3. The van der Waals surface area contributed by atoms with Gasteiger partial charge in [-0.15, -0.1) is 0 Å². The summed E-state index contributed by atoms with van der Waals surface area (Å²) in [5.41, 5.74) is -0.705. The first-order valence-corrected chi connectivity index (χ1v) is 10.5. The lowest BCUT2D eigenvalue weighted by Gasteiger charge is -2.26. The monoisotopic (exact) mass is 498 g/mol. The van der Waals surface area contributed by atoms with Crippen molar-refractivity contribution in [2.24, 2.45) is 0 Å². The zero-order valence-corrected chi connectivity index (χ0v) is 18.1. The SMILES string of the molecule is O=C1C[C@H](c2cccc(OC(F)F)c2)c2c(cc(O)c3c(=O)c(O)c(-c4ccc(O)c(O)c4)oc23)O1. The van der Waals surface area contributed by atoms with Crippen LogP contribution in [0.5, 0.6) is 34.5 Å². The maximum Gasteiger partial charge on any atom is 0.387 e. The summed E-state index contributed by atoms with van der Waals surface area (Å²) < 4.78 is 41.1. The molecule has 1 aliphatic heterocycles. The smallest absolute Gasteiger partial charge is 0.387 e. The molecule has 0 radical (unpaired) electrons. The van der Waals surface area contributed by atoms with E-state index in [1.807, 2.05) is 0 Å². The predicted molar refractivity (Wildman–Crippen MR) is 120 cm³/mol. The Morgan fingerprint density at radius 1 is 0.944 bits per heavy atom. The summed E-state index contributed by atoms with van der Waals surface area (Å²) in [6.07, 6.45) is -0.259. The normalized spacial score (nSPS) is 15.1. The summed E-state index contributed by atoms with van der Waals surface area (Å²) in [6.45, 7) is -3.08. The average Bonchev–Trinajstić information content (AvgIpc) is 2.82. The van der Waals surface area contributed by atoms with Gasteiger partial charge in [-0.3, -0.25) is 9.59 Å². The molecule has 36 heavy (non-hydrogen) atoms. The van der Waals surface area contributed by atoms with Crippen molar-refractivity contribution >= 4 is 16.9 Å². The van der Waals surface area contributed by atoms with Crippen LogP contribution in [-0.2, 0) is 4.79 Å². The number of fused-ring (bicyclic) bond motifs is 3. The number of hydrogen-bond acceptors (Lipinski definition) is 9. The highest BCUT2D eigenvalue weighted by Crippen LogP contribution is 2.47. The summed E-state index contributed by atoms with van der Waals surface area (Å²) in [5.74, 6) is -4.73. The Kier molecular flexibility index (Phi) is 5.39. The molecule has 1 atom stereocenters. The molecule has 11 heteroatoms. The molecule has 4 aromatic rings. The van der Waals surface area contributed by atoms with Crippen LogP contribution in [-0.4, -0.2) is 33.0 Å². The highest BCUT2D eigenvalue weighted by Gasteiger charge is 2.34. The minimum Gasteiger partial charge on any atom is -0.507 e. The third-order valence-electron chi connectivity index (χ3n) is 5.79. The molecule has 0 amide bonds. The van der Waals surface area contributed by atoms with Gasteiger partial charge in [0.25, 0.3) is 0 Å². The molecule has 3 aromatic carbocycles. The zero-order chi connectivity index (χ0) is 25.7. The fraction of sp³-hybridized carbons (Fsp3) is 0.120. The molecule has 0 unspecified atom stereocenters. The molecular weight excluding hydrogens is 482 g/mol. The summed E-state index contributed by atoms with van der Waals surface area (Å²) in [4.78, 5) is 25.4. The lowest BCUT2D eigenvalue weighted by atomic mass is 9.85. The van der Waals surface area contributed by atoms with E-state index in [0.29, 0.717) is 5.56 Å². The number of carbonyl (C=O) groups excluding carboxylic acids is 1. The maximum absolute atomic E-state index is 13.1. The number of esters is 1. The third-order valence-corrected chi connectivity index (χ3v) is 5.79. The van der Waals surface area contributed by atoms with Crippen LogP contribution in [0.4, 0.5) is 8.78 Å². The number of phenols is 3. The molecule has 1 aliphatic rings. The maximum atomic E-state index is 13.1. The fourth-order valence-corrected chi connectivity index (χ4v) is 4.23. The van der Waals surface area contributed by atoms with Crippen molar-refractivity contribution in [3.63, 3.8) is 0 Å². The lowest BCUT2D eigenvalue weighted by molar-refractivity contribution is -0.135. The Labute approximate surface area is 200 Å². The molecule has 4 N–H and O–H groups in total. The van der Waals surface area contributed by atoms with Gasteiger partial charge in [0.15, 0.2) is 17.3 Å². The van der Waals surface area contributed by atoms with Gasteiger partial charge in [-0.25, -0.2) is 0 Å². The fourth-order valence-electron chi connectivity index (χ4n) is 4.23. The van der Waals surface area contributed by atoms with Crippen LogP contribution in [0.15, 0.2) is 57.7 Å². The molecule has 0 bridgehead atoms. The van der Waals surface area contributed by atoms with E-state index in [2.05, 4.69) is 4.74 Å². The molecule has 184 valence electrons. The Hall–Kier alpha value is -4.80. The predicted octanol–water partition coefficient (Wildman–Crippen LogP) is 4.32. The van der Waals surface area contributed by atoms with Crippen molar-refractivity contribution in [3.05, 3.63) is 69.9 Å². The Morgan fingerprint density at radius 3 is 2.44 bits per heavy atom. The molecule has 0 fully saturated rings. The average molecular weight is 498 g/mol. The number of carbonyl (C=O) groups is 1. The van der Waals surface area contributed by atoms with Crippen molar-refractivity contribution in [3.8, 4) is 45.8 Å². The Morgan fingerprint density at radius 2 is 1.72 bits per heavy atom. The van der Waals surface area contributed by atoms with Crippen LogP contribution in [0.25, 0.3) is 22.3 Å². The summed E-state index contributed by atoms with van der Waals surface area (Å²) >= 11 is 0. The van der Waals surface area contributed by atoms with E-state index < -0.39 is 52.3 Å². The summed E-state index contributed by atoms with van der Waals surface area (Å²) in [7, 11) is 0. The van der Waals surface area contributed by atoms with Crippen LogP contribution in [0, 0.1) is 0 Å². The van der Waals surface area contributed by atoms with Crippen LogP contribution in [0.2, 0.25) is 0 Å². The van der Waals surface area contributed by atoms with Crippen molar-refractivity contribution < 1.29 is 47.9 Å². The number of ether oxygens (including phenoxy) is 2. The Bertz CT molecular complexity index is 1590. The number of alkyl halides is 2. The van der Waals surface area contributed by atoms with Gasteiger partial charge < -0.3 is 34.3 Å². The van der Waals surface area contributed by atoms with Crippen LogP contribution in [0.1, 0.15) is 23.5 Å². The quantitative estimate of drug-likeness (QED) is 0.183. The van der Waals surface area contributed by atoms with Crippen molar-refractivity contribution in [1.82, 2.24) is 0 Å². The molecule has 0 aliphatic carbocycles. The molecule has 5 rings (SSSR count). The topological polar surface area (TPSA) is 147 Å². The van der Waals surface area contributed by atoms with Gasteiger partial charge in [0, 0.05) is 23.1 Å². The summed E-state index contributed by atoms with van der Waals surface area (Å²) in [6, 6.07) is 10.1. The molecule has 0 saturated heterocycles. The molecule has 2 heterocycles. The second kappa shape index (κ2) is 8.45. The van der Waals surface area contributed by atoms with Gasteiger partial charge in [0.1, 0.15) is 28.2 Å². The van der Waals surface area contributed by atoms with Gasteiger partial charge in [-0.1, -0.05) is 12.1 Å². The summed E-state index contributed by atoms with van der Waals surface area (Å²) in [5, 5.41) is 40.1. The minimum atomic E-state index is -3.08. The van der Waals surface area contributed by atoms with E-state index in [9.17, 15) is 38.8 Å². The number of rotatable bonds is 4. The van der Waals surface area contributed by atoms with Crippen molar-refractivity contribution in [1.29, 1.82) is 0 Å². The van der Waals surface area contributed by atoms with E-state index in [4.69, 9.17) is 9.15 Å². The first-order valence-electron chi connectivity index (χ1n) is 10.5. The number of benzene rings is 3. The molecule has 0 saturated carbocycles. The Balaban J connectivity index is 1.80. The van der Waals surface area contributed by atoms with Crippen molar-refractivity contribution in [2.45, 2.75) is 19.0 Å². The van der Waals surface area contributed by atoms with Crippen LogP contribution in [0.3, 0.4) is 0 Å². The van der Waals surface area contributed by atoms with Gasteiger partial charge in [0.05, 0.1) is 6.42 Å². The second-order valence-corrected chi connectivity index (χ2v) is 8.01. The van der Waals surface area contributed by atoms with Crippen LogP contribution >= 0.6 is 0 Å². The van der Waals surface area contributed by atoms with E-state index in [0.717, 1.165) is 18.2 Å². The largest absolute Gasteiger partial charge is 0.507 e. The van der Waals surface area contributed by atoms with Crippen molar-refractivity contribution in [2.75, 3.05) is 0 Å². The molecule has 9 nitrogen and oxygen atoms in total. The first kappa shape index (κ1) is 23.0. The van der Waals surface area contributed by atoms with Gasteiger partial charge in [0.2, 0.25) is 11.2 Å². The minimum absolute atomic E-state index is 0.0237. The van der Waals surface area contributed by atoms with Gasteiger partial charge in [-0.05, 0) is 35.9 Å². The van der Waals surface area contributed by atoms with Crippen LogP contribution < -0.4 is 14.9 Å². The first-order chi connectivity index (χ1) is 17.1. The van der Waals surface area contributed by atoms with Gasteiger partial charge in [-0.2, -0.15) is 8.78 Å². The van der Waals surface area contributed by atoms with E-state index in [1.165, 1.54) is 24.3 Å². The second-order valence-electron chi connectivity index (χ2n) is 8.01. The molecule has 0 spiro atoms. The molecule has 1 aromatic heterocycles. The zero-order valence-electron chi connectivity index (χ0n) is 18.1.